The number of rotatable bonds is 3. The van der Waals surface area contributed by atoms with E-state index in [2.05, 4.69) is 20.2 Å². The van der Waals surface area contributed by atoms with Gasteiger partial charge in [0.05, 0.1) is 19.1 Å². The van der Waals surface area contributed by atoms with E-state index in [-0.39, 0.29) is 0 Å². The Hall–Kier alpha value is -0.970. The Labute approximate surface area is 102 Å². The molecular weight excluding hydrogens is 214 g/mol. The van der Waals surface area contributed by atoms with E-state index < -0.39 is 0 Å². The molecule has 0 atom stereocenters. The first-order valence-electron chi connectivity index (χ1n) is 7.04. The lowest BCUT2D eigenvalue weighted by atomic mass is 10.1. The molecule has 5 heteroatoms. The van der Waals surface area contributed by atoms with Crippen molar-refractivity contribution < 1.29 is 4.90 Å². The fraction of sp³-hybridized carbons (Fsp3) is 0.917. The standard InChI is InChI=1S/C12H21N5/c1-4-8-16(9-5-1)10-12-13-14-15-17(12)11-6-2-3-7-11/h11H,1-10H2/p+1. The number of likely N-dealkylation sites (tertiary alicyclic amines) is 1. The molecule has 2 heterocycles. The van der Waals surface area contributed by atoms with Crippen LogP contribution in [0.1, 0.15) is 56.8 Å². The number of nitrogens with zero attached hydrogens (tertiary/aromatic N) is 4. The van der Waals surface area contributed by atoms with Gasteiger partial charge in [0.15, 0.2) is 0 Å². The van der Waals surface area contributed by atoms with Crippen molar-refractivity contribution >= 4 is 0 Å². The molecule has 0 spiro atoms. The van der Waals surface area contributed by atoms with E-state index in [1.807, 2.05) is 0 Å². The molecule has 2 aliphatic rings. The van der Waals surface area contributed by atoms with Crippen LogP contribution in [0.15, 0.2) is 0 Å². The summed E-state index contributed by atoms with van der Waals surface area (Å²) in [4.78, 5) is 1.66. The van der Waals surface area contributed by atoms with Crippen molar-refractivity contribution in [1.82, 2.24) is 20.2 Å². The molecule has 3 rings (SSSR count). The monoisotopic (exact) mass is 236 g/mol. The summed E-state index contributed by atoms with van der Waals surface area (Å²) in [5.41, 5.74) is 0. The molecule has 1 saturated carbocycles. The SMILES string of the molecule is C1CC[NH+](Cc2nnnn2C2CCCC2)CC1. The molecule has 1 aromatic heterocycles. The molecule has 17 heavy (non-hydrogen) atoms. The summed E-state index contributed by atoms with van der Waals surface area (Å²) in [5.74, 6) is 1.11. The van der Waals surface area contributed by atoms with Crippen LogP contribution in [0.25, 0.3) is 0 Å². The number of tetrazole rings is 1. The minimum atomic E-state index is 0.573. The summed E-state index contributed by atoms with van der Waals surface area (Å²) >= 11 is 0. The molecule has 2 fully saturated rings. The molecule has 0 unspecified atom stereocenters. The van der Waals surface area contributed by atoms with Crippen molar-refractivity contribution in [2.75, 3.05) is 13.1 Å². The molecule has 0 aromatic carbocycles. The van der Waals surface area contributed by atoms with Gasteiger partial charge in [0.2, 0.25) is 5.82 Å². The minimum Gasteiger partial charge on any atom is -0.329 e. The van der Waals surface area contributed by atoms with Gasteiger partial charge in [-0.3, -0.25) is 0 Å². The highest BCUT2D eigenvalue weighted by Gasteiger charge is 2.24. The van der Waals surface area contributed by atoms with Crippen molar-refractivity contribution in [2.24, 2.45) is 0 Å². The quantitative estimate of drug-likeness (QED) is 0.824. The maximum absolute atomic E-state index is 4.24. The van der Waals surface area contributed by atoms with Gasteiger partial charge >= 0.3 is 0 Å². The third kappa shape index (κ3) is 2.49. The predicted octanol–water partition coefficient (Wildman–Crippen LogP) is 0.357. The van der Waals surface area contributed by atoms with Crippen LogP contribution in [0.3, 0.4) is 0 Å². The first kappa shape index (κ1) is 11.1. The van der Waals surface area contributed by atoms with Gasteiger partial charge < -0.3 is 4.90 Å². The molecule has 1 aliphatic heterocycles. The summed E-state index contributed by atoms with van der Waals surface area (Å²) in [5, 5.41) is 12.3. The zero-order valence-corrected chi connectivity index (χ0v) is 10.4. The van der Waals surface area contributed by atoms with E-state index in [4.69, 9.17) is 0 Å². The molecule has 1 aliphatic carbocycles. The zero-order chi connectivity index (χ0) is 11.5. The van der Waals surface area contributed by atoms with E-state index in [0.29, 0.717) is 6.04 Å². The summed E-state index contributed by atoms with van der Waals surface area (Å²) in [6.45, 7) is 3.60. The Balaban J connectivity index is 1.67. The highest BCUT2D eigenvalue weighted by atomic mass is 15.6. The summed E-state index contributed by atoms with van der Waals surface area (Å²) < 4.78 is 2.11. The van der Waals surface area contributed by atoms with E-state index in [0.717, 1.165) is 12.4 Å². The van der Waals surface area contributed by atoms with Crippen LogP contribution in [-0.2, 0) is 6.54 Å². The van der Waals surface area contributed by atoms with Gasteiger partial charge in [0.1, 0.15) is 6.54 Å². The lowest BCUT2D eigenvalue weighted by Gasteiger charge is -2.23. The van der Waals surface area contributed by atoms with Crippen LogP contribution in [-0.4, -0.2) is 33.3 Å². The lowest BCUT2D eigenvalue weighted by molar-refractivity contribution is -0.919. The Morgan fingerprint density at radius 3 is 2.59 bits per heavy atom. The number of nitrogens with one attached hydrogen (secondary N) is 1. The number of piperidine rings is 1. The van der Waals surface area contributed by atoms with Crippen molar-refractivity contribution in [3.63, 3.8) is 0 Å². The Morgan fingerprint density at radius 2 is 1.82 bits per heavy atom. The van der Waals surface area contributed by atoms with E-state index >= 15 is 0 Å². The smallest absolute Gasteiger partial charge is 0.206 e. The Morgan fingerprint density at radius 1 is 1.06 bits per heavy atom. The van der Waals surface area contributed by atoms with Gasteiger partial charge in [0, 0.05) is 0 Å². The number of hydrogen-bond donors (Lipinski definition) is 1. The van der Waals surface area contributed by atoms with Crippen molar-refractivity contribution in [3.05, 3.63) is 5.82 Å². The van der Waals surface area contributed by atoms with E-state index in [1.165, 1.54) is 58.0 Å². The third-order valence-electron chi connectivity index (χ3n) is 4.20. The minimum absolute atomic E-state index is 0.573. The summed E-state index contributed by atoms with van der Waals surface area (Å²) in [7, 11) is 0. The molecule has 1 saturated heterocycles. The van der Waals surface area contributed by atoms with Crippen LogP contribution >= 0.6 is 0 Å². The molecule has 5 nitrogen and oxygen atoms in total. The molecule has 1 aromatic rings. The van der Waals surface area contributed by atoms with Crippen LogP contribution in [0.4, 0.5) is 0 Å². The Bertz CT molecular complexity index is 350. The maximum atomic E-state index is 4.24. The van der Waals surface area contributed by atoms with Gasteiger partial charge in [-0.05, 0) is 42.5 Å². The van der Waals surface area contributed by atoms with Crippen molar-refractivity contribution in [1.29, 1.82) is 0 Å². The maximum Gasteiger partial charge on any atom is 0.206 e. The van der Waals surface area contributed by atoms with Gasteiger partial charge in [-0.25, -0.2) is 4.68 Å². The highest BCUT2D eigenvalue weighted by Crippen LogP contribution is 2.28. The van der Waals surface area contributed by atoms with Crippen LogP contribution in [0.2, 0.25) is 0 Å². The number of aromatic nitrogens is 4. The van der Waals surface area contributed by atoms with Gasteiger partial charge in [-0.1, -0.05) is 12.8 Å². The lowest BCUT2D eigenvalue weighted by Crippen LogP contribution is -3.11. The topological polar surface area (TPSA) is 48.0 Å². The predicted molar refractivity (Wildman–Crippen MR) is 63.6 cm³/mol. The van der Waals surface area contributed by atoms with Gasteiger partial charge in [0.25, 0.3) is 0 Å². The van der Waals surface area contributed by atoms with Crippen molar-refractivity contribution in [3.8, 4) is 0 Å². The molecule has 0 radical (unpaired) electrons. The molecule has 1 N–H and O–H groups in total. The molecule has 0 amide bonds. The van der Waals surface area contributed by atoms with Crippen LogP contribution in [0.5, 0.6) is 0 Å². The first-order valence-corrected chi connectivity index (χ1v) is 7.04. The second-order valence-corrected chi connectivity index (χ2v) is 5.47. The normalized spacial score (nSPS) is 23.3. The Kier molecular flexibility index (Phi) is 3.36. The number of quaternary nitrogens is 1. The summed E-state index contributed by atoms with van der Waals surface area (Å²) in [6, 6.07) is 0.573. The molecule has 94 valence electrons. The van der Waals surface area contributed by atoms with Crippen LogP contribution < -0.4 is 4.90 Å². The summed E-state index contributed by atoms with van der Waals surface area (Å²) in [6.07, 6.45) is 9.31. The van der Waals surface area contributed by atoms with E-state index in [9.17, 15) is 0 Å². The first-order chi connectivity index (χ1) is 8.43. The average Bonchev–Trinajstić information content (AvgIpc) is 3.00. The molecule has 0 bridgehead atoms. The van der Waals surface area contributed by atoms with Gasteiger partial charge in [-0.2, -0.15) is 0 Å². The number of hydrogen-bond acceptors (Lipinski definition) is 3. The third-order valence-corrected chi connectivity index (χ3v) is 4.20. The van der Waals surface area contributed by atoms with E-state index in [1.54, 1.807) is 4.90 Å². The average molecular weight is 236 g/mol. The van der Waals surface area contributed by atoms with Crippen LogP contribution in [0, 0.1) is 0 Å². The zero-order valence-electron chi connectivity index (χ0n) is 10.4. The van der Waals surface area contributed by atoms with Gasteiger partial charge in [-0.15, -0.1) is 5.10 Å². The van der Waals surface area contributed by atoms with Crippen molar-refractivity contribution in [2.45, 2.75) is 57.5 Å². The second-order valence-electron chi connectivity index (χ2n) is 5.47. The fourth-order valence-corrected chi connectivity index (χ4v) is 3.21. The fourth-order valence-electron chi connectivity index (χ4n) is 3.21. The largest absolute Gasteiger partial charge is 0.329 e. The molecular formula is C12H22N5+. The second kappa shape index (κ2) is 5.12. The highest BCUT2D eigenvalue weighted by molar-refractivity contribution is 4.84.